The van der Waals surface area contributed by atoms with Crippen molar-refractivity contribution in [2.75, 3.05) is 5.75 Å². The highest BCUT2D eigenvalue weighted by molar-refractivity contribution is 7.80. The largest absolute Gasteiger partial charge is 0.389 e. The molecule has 2 atom stereocenters. The molecule has 0 spiro atoms. The summed E-state index contributed by atoms with van der Waals surface area (Å²) in [5, 5.41) is 20.6. The molecule has 2 aromatic rings. The second-order valence-electron chi connectivity index (χ2n) is 3.91. The van der Waals surface area contributed by atoms with Crippen LogP contribution in [0.4, 0.5) is 0 Å². The van der Waals surface area contributed by atoms with Gasteiger partial charge in [0.2, 0.25) is 0 Å². The molecule has 1 aromatic carbocycles. The van der Waals surface area contributed by atoms with E-state index < -0.39 is 12.2 Å². The van der Waals surface area contributed by atoms with E-state index in [0.29, 0.717) is 0 Å². The lowest BCUT2D eigenvalue weighted by atomic mass is 10.0. The first-order valence-corrected chi connectivity index (χ1v) is 5.79. The number of hydrogen-bond acceptors (Lipinski definition) is 3. The zero-order valence-corrected chi connectivity index (χ0v) is 9.93. The number of thiol groups is 1. The van der Waals surface area contributed by atoms with Crippen LogP contribution < -0.4 is 0 Å². The number of nitrogens with zero attached hydrogens (tertiary/aromatic N) is 1. The van der Waals surface area contributed by atoms with Crippen LogP contribution in [0.3, 0.4) is 0 Å². The van der Waals surface area contributed by atoms with Gasteiger partial charge in [-0.2, -0.15) is 12.6 Å². The number of aryl methyl sites for hydroxylation is 1. The Bertz CT molecular complexity index is 495. The van der Waals surface area contributed by atoms with Gasteiger partial charge >= 0.3 is 0 Å². The van der Waals surface area contributed by atoms with Crippen molar-refractivity contribution in [2.45, 2.75) is 12.2 Å². The van der Waals surface area contributed by atoms with E-state index in [-0.39, 0.29) is 5.75 Å². The number of para-hydroxylation sites is 1. The molecule has 2 unspecified atom stereocenters. The van der Waals surface area contributed by atoms with Gasteiger partial charge in [-0.3, -0.25) is 0 Å². The fourth-order valence-corrected chi connectivity index (χ4v) is 2.12. The fourth-order valence-electron chi connectivity index (χ4n) is 1.92. The molecular weight excluding hydrogens is 222 g/mol. The van der Waals surface area contributed by atoms with E-state index in [9.17, 15) is 10.2 Å². The van der Waals surface area contributed by atoms with Gasteiger partial charge in [0.05, 0.1) is 6.10 Å². The predicted octanol–water partition coefficient (Wildman–Crippen LogP) is 1.50. The third-order valence-electron chi connectivity index (χ3n) is 2.80. The molecule has 2 rings (SSSR count). The first kappa shape index (κ1) is 11.5. The van der Waals surface area contributed by atoms with E-state index in [0.717, 1.165) is 16.5 Å². The molecule has 0 aliphatic carbocycles. The maximum absolute atomic E-state index is 9.99. The zero-order chi connectivity index (χ0) is 11.7. The maximum atomic E-state index is 9.99. The van der Waals surface area contributed by atoms with Crippen LogP contribution in [-0.2, 0) is 7.05 Å². The number of aromatic nitrogens is 1. The van der Waals surface area contributed by atoms with Crippen molar-refractivity contribution in [1.29, 1.82) is 0 Å². The summed E-state index contributed by atoms with van der Waals surface area (Å²) in [4.78, 5) is 0. The summed E-state index contributed by atoms with van der Waals surface area (Å²) in [6.07, 6.45) is 0.125. The van der Waals surface area contributed by atoms with Gasteiger partial charge in [-0.05, 0) is 6.07 Å². The minimum atomic E-state index is -0.886. The summed E-state index contributed by atoms with van der Waals surface area (Å²) in [5.74, 6) is 0.240. The normalized spacial score (nSPS) is 15.2. The molecule has 0 aliphatic rings. The lowest BCUT2D eigenvalue weighted by Gasteiger charge is -2.14. The van der Waals surface area contributed by atoms with Gasteiger partial charge in [-0.1, -0.05) is 18.2 Å². The third kappa shape index (κ3) is 1.84. The molecule has 0 radical (unpaired) electrons. The van der Waals surface area contributed by atoms with Crippen molar-refractivity contribution in [1.82, 2.24) is 4.57 Å². The average molecular weight is 237 g/mol. The van der Waals surface area contributed by atoms with Crippen molar-refractivity contribution < 1.29 is 10.2 Å². The van der Waals surface area contributed by atoms with Crippen LogP contribution in [0.15, 0.2) is 30.5 Å². The Morgan fingerprint density at radius 3 is 2.69 bits per heavy atom. The Morgan fingerprint density at radius 2 is 2.00 bits per heavy atom. The van der Waals surface area contributed by atoms with Crippen LogP contribution in [0, 0.1) is 0 Å². The second-order valence-corrected chi connectivity index (χ2v) is 4.27. The fraction of sp³-hybridized carbons (Fsp3) is 0.333. The summed E-state index contributed by atoms with van der Waals surface area (Å²) in [7, 11) is 1.92. The van der Waals surface area contributed by atoms with Gasteiger partial charge in [0.25, 0.3) is 0 Å². The van der Waals surface area contributed by atoms with Crippen molar-refractivity contribution >= 4 is 23.5 Å². The average Bonchev–Trinajstić information content (AvgIpc) is 2.65. The molecule has 0 fully saturated rings. The van der Waals surface area contributed by atoms with Gasteiger partial charge in [0, 0.05) is 35.5 Å². The summed E-state index contributed by atoms with van der Waals surface area (Å²) < 4.78 is 1.94. The van der Waals surface area contributed by atoms with E-state index in [1.807, 2.05) is 42.1 Å². The van der Waals surface area contributed by atoms with Crippen molar-refractivity contribution in [3.8, 4) is 0 Å². The highest BCUT2D eigenvalue weighted by Crippen LogP contribution is 2.27. The SMILES string of the molecule is Cn1cc(C(O)C(O)CS)c2ccccc21. The molecule has 0 saturated carbocycles. The molecule has 4 heteroatoms. The maximum Gasteiger partial charge on any atom is 0.108 e. The third-order valence-corrected chi connectivity index (χ3v) is 3.17. The van der Waals surface area contributed by atoms with Crippen molar-refractivity contribution in [3.05, 3.63) is 36.0 Å². The van der Waals surface area contributed by atoms with Gasteiger partial charge < -0.3 is 14.8 Å². The summed E-state index contributed by atoms with van der Waals surface area (Å²) in [5.41, 5.74) is 1.79. The second kappa shape index (κ2) is 4.49. The Labute approximate surface area is 99.7 Å². The molecule has 0 aliphatic heterocycles. The van der Waals surface area contributed by atoms with Crippen LogP contribution in [0.5, 0.6) is 0 Å². The molecule has 16 heavy (non-hydrogen) atoms. The summed E-state index contributed by atoms with van der Waals surface area (Å²) in [6.45, 7) is 0. The van der Waals surface area contributed by atoms with Gasteiger partial charge in [-0.15, -0.1) is 0 Å². The molecule has 1 aromatic heterocycles. The van der Waals surface area contributed by atoms with E-state index in [2.05, 4.69) is 12.6 Å². The highest BCUT2D eigenvalue weighted by Gasteiger charge is 2.20. The monoisotopic (exact) mass is 237 g/mol. The quantitative estimate of drug-likeness (QED) is 0.708. The number of fused-ring (bicyclic) bond motifs is 1. The standard InChI is InChI=1S/C12H15NO2S/c1-13-6-9(12(15)11(14)7-16)8-4-2-3-5-10(8)13/h2-6,11-12,14-16H,7H2,1H3. The molecule has 0 bridgehead atoms. The van der Waals surface area contributed by atoms with E-state index in [1.54, 1.807) is 0 Å². The van der Waals surface area contributed by atoms with Crippen molar-refractivity contribution in [2.24, 2.45) is 7.05 Å². The molecular formula is C12H15NO2S. The minimum absolute atomic E-state index is 0.240. The first-order valence-electron chi connectivity index (χ1n) is 5.16. The first-order chi connectivity index (χ1) is 7.65. The molecule has 0 amide bonds. The molecule has 0 saturated heterocycles. The number of aliphatic hydroxyl groups excluding tert-OH is 2. The summed E-state index contributed by atoms with van der Waals surface area (Å²) >= 11 is 3.99. The summed E-state index contributed by atoms with van der Waals surface area (Å²) in [6, 6.07) is 7.80. The van der Waals surface area contributed by atoms with Crippen molar-refractivity contribution in [3.63, 3.8) is 0 Å². The van der Waals surface area contributed by atoms with Crippen LogP contribution >= 0.6 is 12.6 Å². The van der Waals surface area contributed by atoms with Crippen LogP contribution in [0.1, 0.15) is 11.7 Å². The minimum Gasteiger partial charge on any atom is -0.389 e. The Morgan fingerprint density at radius 1 is 1.31 bits per heavy atom. The smallest absolute Gasteiger partial charge is 0.108 e. The lowest BCUT2D eigenvalue weighted by molar-refractivity contribution is 0.0346. The van der Waals surface area contributed by atoms with Crippen LogP contribution in [0.2, 0.25) is 0 Å². The zero-order valence-electron chi connectivity index (χ0n) is 9.04. The topological polar surface area (TPSA) is 45.4 Å². The molecule has 3 nitrogen and oxygen atoms in total. The van der Waals surface area contributed by atoms with Gasteiger partial charge in [0.1, 0.15) is 6.10 Å². The Hall–Kier alpha value is -0.970. The van der Waals surface area contributed by atoms with Gasteiger partial charge in [0.15, 0.2) is 0 Å². The van der Waals surface area contributed by atoms with E-state index >= 15 is 0 Å². The number of hydrogen-bond donors (Lipinski definition) is 3. The van der Waals surface area contributed by atoms with E-state index in [1.165, 1.54) is 0 Å². The number of aliphatic hydroxyl groups is 2. The predicted molar refractivity (Wildman–Crippen MR) is 67.7 cm³/mol. The lowest BCUT2D eigenvalue weighted by Crippen LogP contribution is -2.19. The number of rotatable bonds is 3. The van der Waals surface area contributed by atoms with Gasteiger partial charge in [-0.25, -0.2) is 0 Å². The number of benzene rings is 1. The highest BCUT2D eigenvalue weighted by atomic mass is 32.1. The molecule has 86 valence electrons. The van der Waals surface area contributed by atoms with Crippen LogP contribution in [0.25, 0.3) is 10.9 Å². The Kier molecular flexibility index (Phi) is 3.23. The molecule has 1 heterocycles. The van der Waals surface area contributed by atoms with Crippen LogP contribution in [-0.4, -0.2) is 26.6 Å². The van der Waals surface area contributed by atoms with E-state index in [4.69, 9.17) is 0 Å². The molecule has 2 N–H and O–H groups in total. The Balaban J connectivity index is 2.52.